The zero-order valence-corrected chi connectivity index (χ0v) is 22.7. The van der Waals surface area contributed by atoms with Crippen LogP contribution in [0.25, 0.3) is 5.32 Å². The van der Waals surface area contributed by atoms with Crippen LogP contribution in [0.1, 0.15) is 37.5 Å². The van der Waals surface area contributed by atoms with Crippen molar-refractivity contribution in [2.24, 2.45) is 10.3 Å². The molecule has 0 aromatic heterocycles. The van der Waals surface area contributed by atoms with Crippen LogP contribution in [0.5, 0.6) is 5.75 Å². The van der Waals surface area contributed by atoms with Gasteiger partial charge < -0.3 is 19.7 Å². The Kier molecular flexibility index (Phi) is 14.9. The maximum Gasteiger partial charge on any atom is 1.00 e. The van der Waals surface area contributed by atoms with Gasteiger partial charge in [-0.1, -0.05) is 61.9 Å². The van der Waals surface area contributed by atoms with Gasteiger partial charge in [0.05, 0.1) is 17.8 Å². The van der Waals surface area contributed by atoms with Crippen LogP contribution in [-0.4, -0.2) is 32.1 Å². The predicted molar refractivity (Wildman–Crippen MR) is 116 cm³/mol. The fourth-order valence-electron chi connectivity index (χ4n) is 2.40. The molecule has 0 aliphatic heterocycles. The Balaban J connectivity index is 0.00000311. The van der Waals surface area contributed by atoms with Crippen molar-refractivity contribution in [1.29, 1.82) is 0 Å². The molecular weight excluding hydrogens is 474 g/mol. The largest absolute Gasteiger partial charge is 1.00 e. The molecule has 2 rings (SSSR count). The molecule has 32 heavy (non-hydrogen) atoms. The van der Waals surface area contributed by atoms with Crippen LogP contribution in [-0.2, 0) is 16.3 Å². The summed E-state index contributed by atoms with van der Waals surface area (Å²) >= 11 is 6.04. The average Bonchev–Trinajstić information content (AvgIpc) is 2.73. The van der Waals surface area contributed by atoms with E-state index in [9.17, 15) is 13.2 Å². The number of nitrogens with zero attached hydrogens (tertiary/aromatic N) is 3. The molecule has 6 nitrogen and oxygen atoms in total. The predicted octanol–water partition coefficient (Wildman–Crippen LogP) is 3.52. The van der Waals surface area contributed by atoms with E-state index >= 15 is 0 Å². The molecule has 0 aliphatic carbocycles. The van der Waals surface area contributed by atoms with Gasteiger partial charge in [-0.05, 0) is 42.1 Å². The van der Waals surface area contributed by atoms with E-state index in [0.717, 1.165) is 23.3 Å². The molecule has 0 bridgehead atoms. The number of rotatable bonds is 7. The third-order valence-electron chi connectivity index (χ3n) is 3.63. The van der Waals surface area contributed by atoms with E-state index < -0.39 is 12.1 Å². The van der Waals surface area contributed by atoms with Crippen molar-refractivity contribution in [2.45, 2.75) is 33.7 Å². The Labute approximate surface area is 233 Å². The van der Waals surface area contributed by atoms with Crippen LogP contribution in [0.4, 0.5) is 13.2 Å². The molecule has 11 heteroatoms. The zero-order valence-electron chi connectivity index (χ0n) is 18.8. The van der Waals surface area contributed by atoms with Gasteiger partial charge in [-0.25, -0.2) is 0 Å². The number of halogens is 4. The topological polar surface area (TPSA) is 66.5 Å². The van der Waals surface area contributed by atoms with Crippen molar-refractivity contribution >= 4 is 23.1 Å². The van der Waals surface area contributed by atoms with Gasteiger partial charge in [0.15, 0.2) is 0 Å². The van der Waals surface area contributed by atoms with E-state index in [2.05, 4.69) is 20.4 Å². The molecule has 0 amide bonds. The third-order valence-corrected chi connectivity index (χ3v) is 3.95. The maximum absolute atomic E-state index is 12.3. The second-order valence-electron chi connectivity index (χ2n) is 5.62. The summed E-state index contributed by atoms with van der Waals surface area (Å²) in [6.07, 6.45) is -4.79. The molecule has 0 saturated heterocycles. The molecule has 0 fully saturated rings. The first-order valence-electron chi connectivity index (χ1n) is 9.26. The molecule has 0 atom stereocenters. The molecule has 2 aromatic rings. The van der Waals surface area contributed by atoms with Gasteiger partial charge in [-0.15, -0.1) is 13.2 Å². The minimum atomic E-state index is -4.79. The smallest absolute Gasteiger partial charge is 0.497 e. The van der Waals surface area contributed by atoms with Gasteiger partial charge in [0, 0.05) is 5.56 Å². The Hall–Kier alpha value is -1.30. The molecule has 2 aromatic carbocycles. The van der Waals surface area contributed by atoms with Gasteiger partial charge >= 0.3 is 57.7 Å². The normalized spacial score (nSPS) is 11.5. The van der Waals surface area contributed by atoms with Gasteiger partial charge in [0.1, 0.15) is 12.4 Å². The van der Waals surface area contributed by atoms with Crippen LogP contribution in [0, 0.1) is 0 Å². The Morgan fingerprint density at radius 3 is 2.28 bits per heavy atom. The van der Waals surface area contributed by atoms with E-state index in [1.807, 2.05) is 38.1 Å². The molecular formula is C21H24ClF3KN3O3. The number of amidine groups is 1. The van der Waals surface area contributed by atoms with Crippen LogP contribution >= 0.6 is 11.6 Å². The standard InChI is InChI=1S/C19H18ClF3N3O3.C2H6.K/c1-12(15-9-8-14(10-17(15)20)29-19(21,22)23)25-28-11-13-6-4-5-7-16(13)18(24-2)26-27-3;1-2;/h4-10H,11H2,1-3H3;1-2H3;/q-1;;+1/b25-12+;;. The van der Waals surface area contributed by atoms with Crippen molar-refractivity contribution in [1.82, 2.24) is 0 Å². The summed E-state index contributed by atoms with van der Waals surface area (Å²) < 4.78 is 40.7. The Bertz CT molecular complexity index is 909. The molecule has 0 unspecified atom stereocenters. The first-order chi connectivity index (χ1) is 14.7. The Morgan fingerprint density at radius 2 is 1.72 bits per heavy atom. The summed E-state index contributed by atoms with van der Waals surface area (Å²) in [7, 11) is 3.01. The average molecular weight is 498 g/mol. The van der Waals surface area contributed by atoms with Gasteiger partial charge in [0.2, 0.25) is 0 Å². The van der Waals surface area contributed by atoms with Gasteiger partial charge in [0.25, 0.3) is 0 Å². The fraction of sp³-hybridized carbons (Fsp3) is 0.333. The maximum atomic E-state index is 12.3. The second kappa shape index (κ2) is 15.5. The Morgan fingerprint density at radius 1 is 1.06 bits per heavy atom. The summed E-state index contributed by atoms with van der Waals surface area (Å²) in [4.78, 5) is 10.2. The number of hydrogen-bond donors (Lipinski definition) is 0. The minimum Gasteiger partial charge on any atom is -0.497 e. The molecule has 0 spiro atoms. The van der Waals surface area contributed by atoms with Gasteiger partial charge in [-0.3, -0.25) is 5.16 Å². The van der Waals surface area contributed by atoms with Crippen molar-refractivity contribution in [3.05, 3.63) is 69.5 Å². The molecule has 0 heterocycles. The monoisotopic (exact) mass is 497 g/mol. The van der Waals surface area contributed by atoms with Crippen molar-refractivity contribution in [3.8, 4) is 5.75 Å². The zero-order chi connectivity index (χ0) is 23.4. The van der Waals surface area contributed by atoms with Crippen molar-refractivity contribution in [2.75, 3.05) is 14.2 Å². The van der Waals surface area contributed by atoms with Crippen molar-refractivity contribution in [3.63, 3.8) is 0 Å². The van der Waals surface area contributed by atoms with Gasteiger partial charge in [-0.2, -0.15) is 0 Å². The van der Waals surface area contributed by atoms with Crippen LogP contribution in [0.2, 0.25) is 5.02 Å². The van der Waals surface area contributed by atoms with E-state index in [1.54, 1.807) is 14.0 Å². The molecule has 0 saturated carbocycles. The van der Waals surface area contributed by atoms with E-state index in [1.165, 1.54) is 13.2 Å². The first-order valence-corrected chi connectivity index (χ1v) is 9.64. The summed E-state index contributed by atoms with van der Waals surface area (Å²) in [6, 6.07) is 10.9. The van der Waals surface area contributed by atoms with E-state index in [4.69, 9.17) is 21.3 Å². The number of oxime groups is 2. The van der Waals surface area contributed by atoms with E-state index in [-0.39, 0.29) is 63.0 Å². The molecule has 170 valence electrons. The third kappa shape index (κ3) is 10.1. The van der Waals surface area contributed by atoms with Crippen molar-refractivity contribution < 1.29 is 79.0 Å². The minimum absolute atomic E-state index is 0. The molecule has 0 N–H and O–H groups in total. The number of alkyl halides is 3. The van der Waals surface area contributed by atoms with E-state index in [0.29, 0.717) is 17.1 Å². The molecule has 0 aliphatic rings. The number of benzene rings is 2. The SMILES string of the molecule is CC.C[N-]/C(=N/OC)c1ccccc1CO/N=C(\C)c1ccc(OC(F)(F)F)cc1Cl.[K+]. The second-order valence-corrected chi connectivity index (χ2v) is 6.03. The summed E-state index contributed by atoms with van der Waals surface area (Å²) in [5.41, 5.74) is 2.29. The quantitative estimate of drug-likeness (QED) is 0.254. The van der Waals surface area contributed by atoms with Crippen LogP contribution in [0.3, 0.4) is 0 Å². The number of hydrogen-bond acceptors (Lipinski definition) is 5. The fourth-order valence-corrected chi connectivity index (χ4v) is 2.70. The summed E-state index contributed by atoms with van der Waals surface area (Å²) in [5, 5.41) is 12.0. The first kappa shape index (κ1) is 30.7. The van der Waals surface area contributed by atoms with Crippen LogP contribution < -0.4 is 56.1 Å². The summed E-state index contributed by atoms with van der Waals surface area (Å²) in [6.45, 7) is 5.73. The molecule has 0 radical (unpaired) electrons. The summed E-state index contributed by atoms with van der Waals surface area (Å²) in [5.74, 6) is -0.0159. The van der Waals surface area contributed by atoms with Crippen LogP contribution in [0.15, 0.2) is 52.8 Å². The number of ether oxygens (including phenoxy) is 1.